The van der Waals surface area contributed by atoms with Gasteiger partial charge in [0.1, 0.15) is 15.8 Å². The van der Waals surface area contributed by atoms with Crippen molar-refractivity contribution in [3.63, 3.8) is 0 Å². The van der Waals surface area contributed by atoms with E-state index < -0.39 is 0 Å². The molecule has 2 aromatic heterocycles. The Kier molecular flexibility index (Phi) is 6.16. The van der Waals surface area contributed by atoms with Gasteiger partial charge >= 0.3 is 0 Å². The first-order valence-electron chi connectivity index (χ1n) is 12.3. The van der Waals surface area contributed by atoms with E-state index in [2.05, 4.69) is 18.7 Å². The Labute approximate surface area is 223 Å². The van der Waals surface area contributed by atoms with Gasteiger partial charge in [-0.15, -0.1) is 0 Å². The minimum atomic E-state index is -0.225. The number of thioether (sulfide) groups is 1. The van der Waals surface area contributed by atoms with Crippen molar-refractivity contribution in [1.29, 1.82) is 0 Å². The lowest BCUT2D eigenvalue weighted by atomic mass is 9.91. The minimum absolute atomic E-state index is 0.189. The number of amides is 1. The molecule has 0 radical (unpaired) electrons. The lowest BCUT2D eigenvalue weighted by molar-refractivity contribution is -0.122. The SMILES string of the molecule is CC1CC(C)CN(c2nc3ccccn3c(=O)c2/C=C2/SC(=S)N(Cc3ccc4c(c3)OCO4)C2=O)C1. The first-order valence-corrected chi connectivity index (χ1v) is 13.5. The van der Waals surface area contributed by atoms with Gasteiger partial charge in [0.15, 0.2) is 11.5 Å². The van der Waals surface area contributed by atoms with E-state index >= 15 is 0 Å². The molecule has 8 nitrogen and oxygen atoms in total. The van der Waals surface area contributed by atoms with E-state index in [-0.39, 0.29) is 18.3 Å². The van der Waals surface area contributed by atoms with Crippen LogP contribution in [-0.2, 0) is 11.3 Å². The fourth-order valence-corrected chi connectivity index (χ4v) is 6.52. The Morgan fingerprint density at radius 2 is 1.89 bits per heavy atom. The second-order valence-corrected chi connectivity index (χ2v) is 11.6. The van der Waals surface area contributed by atoms with Crippen LogP contribution in [0.5, 0.6) is 11.5 Å². The van der Waals surface area contributed by atoms with E-state index in [1.165, 1.54) is 16.2 Å². The van der Waals surface area contributed by atoms with Gasteiger partial charge in [0.25, 0.3) is 11.5 Å². The Bertz CT molecular complexity index is 1510. The van der Waals surface area contributed by atoms with Gasteiger partial charge in [0.05, 0.1) is 17.0 Å². The normalized spacial score (nSPS) is 22.5. The second-order valence-electron chi connectivity index (χ2n) is 9.89. The minimum Gasteiger partial charge on any atom is -0.454 e. The fourth-order valence-electron chi connectivity index (χ4n) is 5.28. The van der Waals surface area contributed by atoms with Crippen molar-refractivity contribution in [1.82, 2.24) is 14.3 Å². The monoisotopic (exact) mass is 534 g/mol. The summed E-state index contributed by atoms with van der Waals surface area (Å²) in [5.41, 5.74) is 1.67. The quantitative estimate of drug-likeness (QED) is 0.362. The number of carbonyl (C=O) groups excluding carboxylic acids is 1. The van der Waals surface area contributed by atoms with Gasteiger partial charge in [0, 0.05) is 19.3 Å². The molecule has 2 saturated heterocycles. The van der Waals surface area contributed by atoms with Gasteiger partial charge in [0.2, 0.25) is 6.79 Å². The van der Waals surface area contributed by atoms with Crippen LogP contribution in [0, 0.1) is 11.8 Å². The zero-order valence-corrected chi connectivity index (χ0v) is 22.2. The molecule has 190 valence electrons. The molecular weight excluding hydrogens is 508 g/mol. The van der Waals surface area contributed by atoms with Crippen LogP contribution in [0.4, 0.5) is 5.82 Å². The fraction of sp³-hybridized carbons (Fsp3) is 0.333. The molecule has 37 heavy (non-hydrogen) atoms. The summed E-state index contributed by atoms with van der Waals surface area (Å²) in [7, 11) is 0. The Hall–Kier alpha value is -3.37. The molecule has 3 aliphatic rings. The van der Waals surface area contributed by atoms with E-state index in [9.17, 15) is 9.59 Å². The second kappa shape index (κ2) is 9.50. The number of anilines is 1. The maximum absolute atomic E-state index is 13.7. The standard InChI is InChI=1S/C27H26N4O4S2/c1-16-9-17(2)13-29(12-16)24-19(25(32)30-8-4-3-5-23(30)28-24)11-22-26(33)31(27(36)37-22)14-18-6-7-20-21(10-18)35-15-34-20/h3-8,10-11,16-17H,9,12-15H2,1-2H3/b22-11+. The van der Waals surface area contributed by atoms with Crippen molar-refractivity contribution in [3.05, 3.63) is 69.0 Å². The number of hydrogen-bond acceptors (Lipinski definition) is 8. The smallest absolute Gasteiger partial charge is 0.267 e. The number of carbonyl (C=O) groups is 1. The van der Waals surface area contributed by atoms with E-state index in [4.69, 9.17) is 26.7 Å². The van der Waals surface area contributed by atoms with Crippen molar-refractivity contribution in [2.45, 2.75) is 26.8 Å². The summed E-state index contributed by atoms with van der Waals surface area (Å²) in [5.74, 6) is 2.70. The highest BCUT2D eigenvalue weighted by Crippen LogP contribution is 2.37. The number of thiocarbonyl (C=S) groups is 1. The molecule has 3 aromatic rings. The summed E-state index contributed by atoms with van der Waals surface area (Å²) >= 11 is 6.78. The Balaban J connectivity index is 1.37. The Morgan fingerprint density at radius 3 is 2.70 bits per heavy atom. The van der Waals surface area contributed by atoms with Crippen LogP contribution in [0.1, 0.15) is 31.4 Å². The molecular formula is C27H26N4O4S2. The molecule has 10 heteroatoms. The van der Waals surface area contributed by atoms with E-state index in [0.717, 1.165) is 25.1 Å². The van der Waals surface area contributed by atoms with Crippen LogP contribution in [0.15, 0.2) is 52.3 Å². The van der Waals surface area contributed by atoms with E-state index in [1.54, 1.807) is 23.2 Å². The molecule has 0 aliphatic carbocycles. The molecule has 0 bridgehead atoms. The molecule has 1 aromatic carbocycles. The van der Waals surface area contributed by atoms with Gasteiger partial charge in [-0.1, -0.05) is 50.0 Å². The number of rotatable bonds is 4. The highest BCUT2D eigenvalue weighted by molar-refractivity contribution is 8.26. The summed E-state index contributed by atoms with van der Waals surface area (Å²) in [5, 5.41) is 0. The largest absolute Gasteiger partial charge is 0.454 e. The van der Waals surface area contributed by atoms with E-state index in [1.807, 2.05) is 30.3 Å². The van der Waals surface area contributed by atoms with Crippen LogP contribution < -0.4 is 19.9 Å². The predicted octanol–water partition coefficient (Wildman–Crippen LogP) is 4.31. The number of ether oxygens (including phenoxy) is 2. The zero-order valence-electron chi connectivity index (χ0n) is 20.5. The molecule has 5 heterocycles. The summed E-state index contributed by atoms with van der Waals surface area (Å²) in [6.07, 6.45) is 4.52. The molecule has 2 unspecified atom stereocenters. The molecule has 2 fully saturated rings. The summed E-state index contributed by atoms with van der Waals surface area (Å²) in [6.45, 7) is 6.56. The van der Waals surface area contributed by atoms with Crippen LogP contribution >= 0.6 is 24.0 Å². The highest BCUT2D eigenvalue weighted by Gasteiger charge is 2.34. The summed E-state index contributed by atoms with van der Waals surface area (Å²) in [4.78, 5) is 36.2. The van der Waals surface area contributed by atoms with Crippen LogP contribution in [-0.4, -0.2) is 44.4 Å². The number of piperidine rings is 1. The highest BCUT2D eigenvalue weighted by atomic mass is 32.2. The molecule has 2 atom stereocenters. The average molecular weight is 535 g/mol. The number of pyridine rings is 1. The van der Waals surface area contributed by atoms with Gasteiger partial charge in [-0.2, -0.15) is 0 Å². The van der Waals surface area contributed by atoms with Gasteiger partial charge in [-0.05, 0) is 54.2 Å². The van der Waals surface area contributed by atoms with Gasteiger partial charge in [-0.3, -0.25) is 18.9 Å². The van der Waals surface area contributed by atoms with Crippen molar-refractivity contribution in [2.75, 3.05) is 24.8 Å². The summed E-state index contributed by atoms with van der Waals surface area (Å²) in [6, 6.07) is 11.1. The number of aromatic nitrogens is 2. The van der Waals surface area contributed by atoms with Crippen molar-refractivity contribution in [2.24, 2.45) is 11.8 Å². The maximum atomic E-state index is 13.7. The average Bonchev–Trinajstić information content (AvgIpc) is 3.44. The van der Waals surface area contributed by atoms with Crippen molar-refractivity contribution >= 4 is 51.7 Å². The van der Waals surface area contributed by atoms with Crippen LogP contribution in [0.2, 0.25) is 0 Å². The molecule has 0 spiro atoms. The van der Waals surface area contributed by atoms with E-state index in [0.29, 0.717) is 56.1 Å². The van der Waals surface area contributed by atoms with Crippen LogP contribution in [0.25, 0.3) is 11.7 Å². The zero-order chi connectivity index (χ0) is 25.7. The topological polar surface area (TPSA) is 76.4 Å². The number of fused-ring (bicyclic) bond motifs is 2. The van der Waals surface area contributed by atoms with Crippen molar-refractivity contribution in [3.8, 4) is 11.5 Å². The van der Waals surface area contributed by atoms with Crippen molar-refractivity contribution < 1.29 is 14.3 Å². The molecule has 3 aliphatic heterocycles. The third-order valence-electron chi connectivity index (χ3n) is 6.84. The lowest BCUT2D eigenvalue weighted by Gasteiger charge is -2.36. The first kappa shape index (κ1) is 24.0. The molecule has 0 N–H and O–H groups in total. The molecule has 6 rings (SSSR count). The van der Waals surface area contributed by atoms with Crippen LogP contribution in [0.3, 0.4) is 0 Å². The molecule has 0 saturated carbocycles. The third-order valence-corrected chi connectivity index (χ3v) is 8.22. The lowest BCUT2D eigenvalue weighted by Crippen LogP contribution is -2.40. The summed E-state index contributed by atoms with van der Waals surface area (Å²) < 4.78 is 12.8. The Morgan fingerprint density at radius 1 is 1.11 bits per heavy atom. The van der Waals surface area contributed by atoms with Gasteiger partial charge in [-0.25, -0.2) is 4.98 Å². The third kappa shape index (κ3) is 4.48. The number of hydrogen-bond donors (Lipinski definition) is 0. The number of nitrogens with zero attached hydrogens (tertiary/aromatic N) is 4. The first-order chi connectivity index (χ1) is 17.9. The molecule has 1 amide bonds. The number of benzene rings is 1. The van der Waals surface area contributed by atoms with Gasteiger partial charge < -0.3 is 14.4 Å². The maximum Gasteiger partial charge on any atom is 0.267 e. The predicted molar refractivity (Wildman–Crippen MR) is 148 cm³/mol.